The molecule has 0 saturated carbocycles. The van der Waals surface area contributed by atoms with Gasteiger partial charge in [-0.2, -0.15) is 4.98 Å². The van der Waals surface area contributed by atoms with Crippen LogP contribution in [-0.2, 0) is 17.7 Å². The van der Waals surface area contributed by atoms with E-state index in [1.54, 1.807) is 60.3 Å². The Balaban J connectivity index is 1.29. The van der Waals surface area contributed by atoms with E-state index in [1.807, 2.05) is 30.5 Å². The number of amides is 1. The normalized spacial score (nSPS) is 11.8. The Kier molecular flexibility index (Phi) is 7.25. The summed E-state index contributed by atoms with van der Waals surface area (Å²) in [5.41, 5.74) is 4.47. The molecule has 1 atom stereocenters. The van der Waals surface area contributed by atoms with Crippen LogP contribution in [0.4, 0.5) is 16.0 Å². The predicted octanol–water partition coefficient (Wildman–Crippen LogP) is 4.96. The quantitative estimate of drug-likeness (QED) is 0.276. The van der Waals surface area contributed by atoms with Gasteiger partial charge in [0.2, 0.25) is 5.95 Å². The number of aromatic nitrogens is 3. The van der Waals surface area contributed by atoms with Gasteiger partial charge in [0.1, 0.15) is 17.8 Å². The molecule has 5 rings (SSSR count). The fourth-order valence-electron chi connectivity index (χ4n) is 3.88. The minimum atomic E-state index is -1.12. The zero-order chi connectivity index (χ0) is 26.6. The highest BCUT2D eigenvalue weighted by atomic mass is 32.2. The van der Waals surface area contributed by atoms with E-state index in [2.05, 4.69) is 20.7 Å². The monoisotopic (exact) mass is 529 g/mol. The van der Waals surface area contributed by atoms with Crippen molar-refractivity contribution in [2.75, 3.05) is 18.7 Å². The molecule has 0 aliphatic carbocycles. The number of nitrogens with zero attached hydrogens (tertiary/aromatic N) is 3. The second kappa shape index (κ2) is 10.9. The summed E-state index contributed by atoms with van der Waals surface area (Å²) >= 11 is -1.12. The fourth-order valence-corrected chi connectivity index (χ4v) is 4.41. The number of carbonyl (C=O) groups is 1. The first-order chi connectivity index (χ1) is 18.4. The highest BCUT2D eigenvalue weighted by Crippen LogP contribution is 2.30. The van der Waals surface area contributed by atoms with Gasteiger partial charge in [-0.15, -0.1) is 5.10 Å². The first-order valence-electron chi connectivity index (χ1n) is 11.7. The highest BCUT2D eigenvalue weighted by molar-refractivity contribution is 7.90. The van der Waals surface area contributed by atoms with E-state index >= 15 is 0 Å². The van der Waals surface area contributed by atoms with E-state index in [4.69, 9.17) is 4.74 Å². The highest BCUT2D eigenvalue weighted by Gasteiger charge is 2.13. The average Bonchev–Trinajstić information content (AvgIpc) is 3.34. The minimum absolute atomic E-state index is 0.211. The van der Waals surface area contributed by atoms with Crippen LogP contribution in [0, 0.1) is 5.82 Å². The molecular weight excluding hydrogens is 505 g/mol. The molecule has 8 nitrogen and oxygen atoms in total. The molecule has 2 N–H and O–H groups in total. The Labute approximate surface area is 221 Å². The SMILES string of the molecule is COc1cc([S+](C)[O-])ccc1Nc1nc2ccc(-c3ccc(C(=O)NCc4ccc(F)cc4)cc3)cn2n1. The van der Waals surface area contributed by atoms with Gasteiger partial charge < -0.3 is 19.9 Å². The molecule has 5 aromatic rings. The van der Waals surface area contributed by atoms with E-state index in [9.17, 15) is 13.7 Å². The van der Waals surface area contributed by atoms with Gasteiger partial charge in [-0.05, 0) is 70.8 Å². The van der Waals surface area contributed by atoms with Crippen LogP contribution < -0.4 is 15.4 Å². The van der Waals surface area contributed by atoms with Gasteiger partial charge in [-0.1, -0.05) is 24.3 Å². The summed E-state index contributed by atoms with van der Waals surface area (Å²) in [7, 11) is 1.55. The topological polar surface area (TPSA) is 104 Å². The molecule has 1 amide bonds. The Morgan fingerprint density at radius 2 is 1.76 bits per heavy atom. The van der Waals surface area contributed by atoms with E-state index < -0.39 is 11.2 Å². The average molecular weight is 530 g/mol. The van der Waals surface area contributed by atoms with Gasteiger partial charge in [0, 0.05) is 29.9 Å². The lowest BCUT2D eigenvalue weighted by Crippen LogP contribution is -2.22. The number of benzene rings is 3. The molecule has 0 saturated heterocycles. The molecule has 0 aliphatic rings. The zero-order valence-corrected chi connectivity index (χ0v) is 21.5. The Hall–Kier alpha value is -4.41. The maximum absolute atomic E-state index is 13.1. The Morgan fingerprint density at radius 3 is 2.47 bits per heavy atom. The second-order valence-corrected chi connectivity index (χ2v) is 9.86. The van der Waals surface area contributed by atoms with Crippen molar-refractivity contribution >= 4 is 34.4 Å². The van der Waals surface area contributed by atoms with Crippen molar-refractivity contribution in [1.29, 1.82) is 0 Å². The molecule has 1 unspecified atom stereocenters. The van der Waals surface area contributed by atoms with Gasteiger partial charge in [0.25, 0.3) is 5.91 Å². The lowest BCUT2D eigenvalue weighted by atomic mass is 10.1. The van der Waals surface area contributed by atoms with Crippen LogP contribution in [0.2, 0.25) is 0 Å². The number of anilines is 2. The van der Waals surface area contributed by atoms with Gasteiger partial charge in [0.15, 0.2) is 10.5 Å². The van der Waals surface area contributed by atoms with E-state index in [0.717, 1.165) is 16.7 Å². The molecular formula is C28H24FN5O3S. The molecule has 0 fully saturated rings. The Morgan fingerprint density at radius 1 is 1.03 bits per heavy atom. The van der Waals surface area contributed by atoms with Crippen LogP contribution in [0.15, 0.2) is 90.0 Å². The van der Waals surface area contributed by atoms with Crippen LogP contribution in [0.3, 0.4) is 0 Å². The number of carbonyl (C=O) groups excluding carboxylic acids is 1. The van der Waals surface area contributed by atoms with Crippen molar-refractivity contribution in [1.82, 2.24) is 19.9 Å². The molecule has 10 heteroatoms. The number of pyridine rings is 1. The summed E-state index contributed by atoms with van der Waals surface area (Å²) in [5, 5.41) is 10.5. The van der Waals surface area contributed by atoms with Crippen LogP contribution in [0.1, 0.15) is 15.9 Å². The number of methoxy groups -OCH3 is 1. The molecule has 2 aromatic heterocycles. The molecule has 2 heterocycles. The number of fused-ring (bicyclic) bond motifs is 1. The summed E-state index contributed by atoms with van der Waals surface area (Å²) in [6.07, 6.45) is 3.47. The van der Waals surface area contributed by atoms with E-state index in [-0.39, 0.29) is 11.7 Å². The van der Waals surface area contributed by atoms with Gasteiger partial charge >= 0.3 is 0 Å². The van der Waals surface area contributed by atoms with Gasteiger partial charge in [-0.25, -0.2) is 8.91 Å². The predicted molar refractivity (Wildman–Crippen MR) is 145 cm³/mol. The third kappa shape index (κ3) is 5.61. The molecule has 0 spiro atoms. The maximum Gasteiger partial charge on any atom is 0.251 e. The summed E-state index contributed by atoms with van der Waals surface area (Å²) in [6.45, 7) is 0.314. The smallest absolute Gasteiger partial charge is 0.251 e. The molecule has 0 aliphatic heterocycles. The fraction of sp³-hybridized carbons (Fsp3) is 0.107. The summed E-state index contributed by atoms with van der Waals surface area (Å²) in [6, 6.07) is 22.3. The third-order valence-corrected chi connectivity index (χ3v) is 6.85. The number of ether oxygens (including phenoxy) is 1. The molecule has 3 aromatic carbocycles. The van der Waals surface area contributed by atoms with Crippen LogP contribution in [0.5, 0.6) is 5.75 Å². The zero-order valence-electron chi connectivity index (χ0n) is 20.6. The number of rotatable bonds is 8. The molecule has 0 radical (unpaired) electrons. The van der Waals surface area contributed by atoms with Crippen molar-refractivity contribution in [3.05, 3.63) is 102 Å². The van der Waals surface area contributed by atoms with Crippen molar-refractivity contribution in [2.45, 2.75) is 11.4 Å². The third-order valence-electron chi connectivity index (χ3n) is 5.93. The minimum Gasteiger partial charge on any atom is -0.612 e. The van der Waals surface area contributed by atoms with Gasteiger partial charge in [-0.3, -0.25) is 4.79 Å². The lowest BCUT2D eigenvalue weighted by molar-refractivity contribution is 0.0951. The maximum atomic E-state index is 13.1. The number of hydrogen-bond acceptors (Lipinski definition) is 6. The standard InChI is InChI=1S/C28H24FN5O3S/c1-37-25-15-23(38(2)36)12-13-24(25)31-28-32-26-14-9-21(17-34(26)33-28)19-5-7-20(8-6-19)27(35)30-16-18-3-10-22(29)11-4-18/h3-15,17H,16H2,1-2H3,(H,30,35)(H,31,33). The van der Waals surface area contributed by atoms with E-state index in [0.29, 0.717) is 40.0 Å². The lowest BCUT2D eigenvalue weighted by Gasteiger charge is -2.11. The number of hydrogen-bond donors (Lipinski definition) is 2. The molecule has 0 bridgehead atoms. The largest absolute Gasteiger partial charge is 0.612 e. The van der Waals surface area contributed by atoms with E-state index in [1.165, 1.54) is 12.1 Å². The first-order valence-corrected chi connectivity index (χ1v) is 13.2. The summed E-state index contributed by atoms with van der Waals surface area (Å²) < 4.78 is 31.9. The second-order valence-electron chi connectivity index (χ2n) is 8.48. The molecule has 192 valence electrons. The Bertz CT molecular complexity index is 1590. The van der Waals surface area contributed by atoms with Crippen molar-refractivity contribution in [2.24, 2.45) is 0 Å². The van der Waals surface area contributed by atoms with Crippen LogP contribution in [0.25, 0.3) is 16.8 Å². The van der Waals surface area contributed by atoms with Crippen LogP contribution >= 0.6 is 0 Å². The van der Waals surface area contributed by atoms with Crippen molar-refractivity contribution in [3.63, 3.8) is 0 Å². The van der Waals surface area contributed by atoms with Crippen molar-refractivity contribution < 1.29 is 18.5 Å². The number of halogens is 1. The first kappa shape index (κ1) is 25.2. The van der Waals surface area contributed by atoms with Crippen LogP contribution in [-0.4, -0.2) is 38.4 Å². The number of nitrogens with one attached hydrogen (secondary N) is 2. The summed E-state index contributed by atoms with van der Waals surface area (Å²) in [4.78, 5) is 17.7. The van der Waals surface area contributed by atoms with Crippen molar-refractivity contribution in [3.8, 4) is 16.9 Å². The summed E-state index contributed by atoms with van der Waals surface area (Å²) in [5.74, 6) is 0.406. The molecule has 38 heavy (non-hydrogen) atoms. The van der Waals surface area contributed by atoms with Gasteiger partial charge in [0.05, 0.1) is 12.8 Å².